The zero-order chi connectivity index (χ0) is 31.9. The van der Waals surface area contributed by atoms with E-state index in [0.29, 0.717) is 0 Å². The van der Waals surface area contributed by atoms with Gasteiger partial charge in [0, 0.05) is 0 Å². The van der Waals surface area contributed by atoms with Crippen molar-refractivity contribution in [2.75, 3.05) is 0 Å². The lowest BCUT2D eigenvalue weighted by Crippen LogP contribution is -1.91. The molecular formula is C48H32. The van der Waals surface area contributed by atoms with Crippen LogP contribution in [0.1, 0.15) is 0 Å². The summed E-state index contributed by atoms with van der Waals surface area (Å²) in [4.78, 5) is 0. The molecule has 0 atom stereocenters. The van der Waals surface area contributed by atoms with Crippen molar-refractivity contribution < 1.29 is 0 Å². The van der Waals surface area contributed by atoms with Gasteiger partial charge in [-0.25, -0.2) is 0 Å². The van der Waals surface area contributed by atoms with Crippen LogP contribution in [0.2, 0.25) is 0 Å². The molecule has 0 aliphatic rings. The van der Waals surface area contributed by atoms with Gasteiger partial charge in [0.15, 0.2) is 0 Å². The van der Waals surface area contributed by atoms with Gasteiger partial charge in [-0.15, -0.1) is 0 Å². The predicted molar refractivity (Wildman–Crippen MR) is 206 cm³/mol. The van der Waals surface area contributed by atoms with E-state index >= 15 is 0 Å². The summed E-state index contributed by atoms with van der Waals surface area (Å²) in [6.07, 6.45) is 0. The van der Waals surface area contributed by atoms with Crippen molar-refractivity contribution in [3.63, 3.8) is 0 Å². The molecule has 9 rings (SSSR count). The second kappa shape index (κ2) is 11.8. The van der Waals surface area contributed by atoms with Crippen LogP contribution in [0.5, 0.6) is 0 Å². The molecule has 0 amide bonds. The van der Waals surface area contributed by atoms with Crippen molar-refractivity contribution in [3.05, 3.63) is 194 Å². The zero-order valence-corrected chi connectivity index (χ0v) is 26.5. The van der Waals surface area contributed by atoms with Gasteiger partial charge in [-0.1, -0.05) is 158 Å². The highest BCUT2D eigenvalue weighted by Gasteiger charge is 2.15. The Bertz CT molecular complexity index is 2580. The fourth-order valence-electron chi connectivity index (χ4n) is 7.10. The van der Waals surface area contributed by atoms with Gasteiger partial charge in [0.1, 0.15) is 0 Å². The van der Waals surface area contributed by atoms with Crippen LogP contribution in [0.3, 0.4) is 0 Å². The first-order valence-corrected chi connectivity index (χ1v) is 16.6. The second-order valence-electron chi connectivity index (χ2n) is 12.6. The summed E-state index contributed by atoms with van der Waals surface area (Å²) in [6.45, 7) is 0. The van der Waals surface area contributed by atoms with E-state index in [-0.39, 0.29) is 0 Å². The molecule has 0 radical (unpaired) electrons. The first-order valence-electron chi connectivity index (χ1n) is 16.6. The van der Waals surface area contributed by atoms with Crippen molar-refractivity contribution in [1.29, 1.82) is 0 Å². The van der Waals surface area contributed by atoms with Crippen molar-refractivity contribution in [1.82, 2.24) is 0 Å². The van der Waals surface area contributed by atoms with Crippen molar-refractivity contribution >= 4 is 32.3 Å². The van der Waals surface area contributed by atoms with Crippen LogP contribution >= 0.6 is 0 Å². The molecule has 0 aromatic heterocycles. The maximum Gasteiger partial charge on any atom is -0.00926 e. The minimum atomic E-state index is 1.20. The number of hydrogen-bond acceptors (Lipinski definition) is 0. The Hall–Kier alpha value is -6.24. The van der Waals surface area contributed by atoms with Crippen molar-refractivity contribution in [2.24, 2.45) is 0 Å². The quantitative estimate of drug-likeness (QED) is 0.182. The smallest absolute Gasteiger partial charge is 0.00926 e. The third-order valence-corrected chi connectivity index (χ3v) is 9.62. The van der Waals surface area contributed by atoms with Gasteiger partial charge >= 0.3 is 0 Å². The molecule has 9 aromatic rings. The number of fused-ring (bicyclic) bond motifs is 3. The summed E-state index contributed by atoms with van der Waals surface area (Å²) in [6, 6.07) is 70.9. The fraction of sp³-hybridized carbons (Fsp3) is 0. The van der Waals surface area contributed by atoms with Crippen LogP contribution in [-0.2, 0) is 0 Å². The molecule has 0 N–H and O–H groups in total. The Labute approximate surface area is 281 Å². The molecule has 0 aliphatic carbocycles. The van der Waals surface area contributed by atoms with Gasteiger partial charge in [0.05, 0.1) is 0 Å². The van der Waals surface area contributed by atoms with Crippen LogP contribution < -0.4 is 0 Å². The first-order chi connectivity index (χ1) is 23.8. The van der Waals surface area contributed by atoms with E-state index in [4.69, 9.17) is 0 Å². The number of hydrogen-bond donors (Lipinski definition) is 0. The fourth-order valence-corrected chi connectivity index (χ4v) is 7.10. The Kier molecular flexibility index (Phi) is 6.91. The van der Waals surface area contributed by atoms with Gasteiger partial charge in [0.25, 0.3) is 0 Å². The summed E-state index contributed by atoms with van der Waals surface area (Å²) >= 11 is 0. The highest BCUT2D eigenvalue weighted by atomic mass is 14.2. The van der Waals surface area contributed by atoms with Gasteiger partial charge in [-0.3, -0.25) is 0 Å². The lowest BCUT2D eigenvalue weighted by molar-refractivity contribution is 1.59. The normalized spacial score (nSPS) is 11.3. The summed E-state index contributed by atoms with van der Waals surface area (Å²) < 4.78 is 0. The SMILES string of the molecule is c1ccc(-c2cc(-c3ccc4ccccc4c3)cc3c(-c4ccccc4)cc(-c4ccc(-c5ccc6ccccc6c5)cc4)cc23)cc1. The van der Waals surface area contributed by atoms with E-state index in [2.05, 4.69) is 194 Å². The molecule has 0 nitrogen and oxygen atoms in total. The third-order valence-electron chi connectivity index (χ3n) is 9.62. The molecule has 0 heterocycles. The molecule has 0 bridgehead atoms. The summed E-state index contributed by atoms with van der Waals surface area (Å²) in [5.41, 5.74) is 12.2. The van der Waals surface area contributed by atoms with E-state index in [0.717, 1.165) is 0 Å². The van der Waals surface area contributed by atoms with Crippen LogP contribution in [0.25, 0.3) is 88.0 Å². The maximum atomic E-state index is 2.39. The van der Waals surface area contributed by atoms with E-state index < -0.39 is 0 Å². The summed E-state index contributed by atoms with van der Waals surface area (Å²) in [5.74, 6) is 0. The number of rotatable bonds is 5. The van der Waals surface area contributed by atoms with Crippen LogP contribution in [0.4, 0.5) is 0 Å². The second-order valence-corrected chi connectivity index (χ2v) is 12.6. The standard InChI is InChI=1S/C48H32/c1-3-13-37(14-4-1)45-29-43(36-21-19-35(20-22-36)41-25-23-33-11-7-9-17-39(33)27-41)31-47-46(38-15-5-2-6-16-38)30-44(32-48(45)47)42-26-24-34-12-8-10-18-40(34)28-42/h1-32H. The molecule has 9 aromatic carbocycles. The van der Waals surface area contributed by atoms with Gasteiger partial charge < -0.3 is 0 Å². The summed E-state index contributed by atoms with van der Waals surface area (Å²) in [7, 11) is 0. The molecule has 0 aliphatic heterocycles. The minimum Gasteiger partial charge on any atom is -0.0622 e. The van der Waals surface area contributed by atoms with E-state index in [1.165, 1.54) is 88.0 Å². The van der Waals surface area contributed by atoms with Crippen LogP contribution in [-0.4, -0.2) is 0 Å². The first kappa shape index (κ1) is 28.0. The molecule has 0 unspecified atom stereocenters. The van der Waals surface area contributed by atoms with E-state index in [9.17, 15) is 0 Å². The molecule has 224 valence electrons. The molecule has 0 saturated heterocycles. The lowest BCUT2D eigenvalue weighted by atomic mass is 9.86. The van der Waals surface area contributed by atoms with E-state index in [1.54, 1.807) is 0 Å². The predicted octanol–water partition coefficient (Wildman–Crippen LogP) is 13.5. The van der Waals surface area contributed by atoms with Crippen molar-refractivity contribution in [2.45, 2.75) is 0 Å². The molecule has 0 saturated carbocycles. The van der Waals surface area contributed by atoms with E-state index in [1.807, 2.05) is 0 Å². The third kappa shape index (κ3) is 5.14. The molecule has 0 fully saturated rings. The minimum absolute atomic E-state index is 1.20. The van der Waals surface area contributed by atoms with Crippen molar-refractivity contribution in [3.8, 4) is 55.6 Å². The Morgan fingerprint density at radius 2 is 0.542 bits per heavy atom. The molecule has 0 spiro atoms. The maximum absolute atomic E-state index is 2.39. The van der Waals surface area contributed by atoms with Gasteiger partial charge in [0.2, 0.25) is 0 Å². The van der Waals surface area contributed by atoms with Gasteiger partial charge in [-0.2, -0.15) is 0 Å². The summed E-state index contributed by atoms with van der Waals surface area (Å²) in [5, 5.41) is 7.54. The Balaban J connectivity index is 1.24. The molecule has 0 heteroatoms. The number of benzene rings is 9. The monoisotopic (exact) mass is 608 g/mol. The largest absolute Gasteiger partial charge is 0.0622 e. The Morgan fingerprint density at radius 1 is 0.188 bits per heavy atom. The highest BCUT2D eigenvalue weighted by Crippen LogP contribution is 2.42. The van der Waals surface area contributed by atoms with Gasteiger partial charge in [-0.05, 0) is 124 Å². The van der Waals surface area contributed by atoms with Crippen LogP contribution in [0, 0.1) is 0 Å². The zero-order valence-electron chi connectivity index (χ0n) is 26.5. The Morgan fingerprint density at radius 3 is 1.02 bits per heavy atom. The molecule has 48 heavy (non-hydrogen) atoms. The average Bonchev–Trinajstić information content (AvgIpc) is 3.17. The van der Waals surface area contributed by atoms with Crippen LogP contribution in [0.15, 0.2) is 194 Å². The molecular weight excluding hydrogens is 577 g/mol. The highest BCUT2D eigenvalue weighted by molar-refractivity contribution is 6.09. The topological polar surface area (TPSA) is 0 Å². The lowest BCUT2D eigenvalue weighted by Gasteiger charge is -2.17. The average molecular weight is 609 g/mol.